The van der Waals surface area contributed by atoms with Crippen LogP contribution in [0.5, 0.6) is 0 Å². The molecule has 5 nitrogen and oxygen atoms in total. The quantitative estimate of drug-likeness (QED) is 0.648. The van der Waals surface area contributed by atoms with E-state index in [1.54, 1.807) is 19.9 Å². The topological polar surface area (TPSA) is 87.4 Å². The molecule has 0 aliphatic heterocycles. The number of rotatable bonds is 2. The highest BCUT2D eigenvalue weighted by molar-refractivity contribution is 5.95. The number of esters is 1. The summed E-state index contributed by atoms with van der Waals surface area (Å²) in [6, 6.07) is 1.71. The fourth-order valence-corrected chi connectivity index (χ4v) is 2.01. The summed E-state index contributed by atoms with van der Waals surface area (Å²) in [5.74, 6) is -2.78. The van der Waals surface area contributed by atoms with E-state index in [-0.39, 0.29) is 0 Å². The van der Waals surface area contributed by atoms with Crippen molar-refractivity contribution in [3.63, 3.8) is 0 Å². The molecule has 0 spiro atoms. The molecular weight excluding hydrogens is 186 g/mol. The van der Waals surface area contributed by atoms with E-state index in [2.05, 4.69) is 4.74 Å². The SMILES string of the molecule is COC(=O)C1C(C)(C)C1(C#N)C(=O)O. The molecule has 0 amide bonds. The van der Waals surface area contributed by atoms with E-state index in [0.717, 1.165) is 0 Å². The number of methoxy groups -OCH3 is 1. The third-order valence-electron chi connectivity index (χ3n) is 3.04. The van der Waals surface area contributed by atoms with Crippen molar-refractivity contribution in [1.29, 1.82) is 5.26 Å². The second-order valence-corrected chi connectivity index (χ2v) is 3.90. The molecule has 14 heavy (non-hydrogen) atoms. The molecule has 1 aliphatic rings. The first kappa shape index (κ1) is 10.5. The number of hydrogen-bond donors (Lipinski definition) is 1. The first-order chi connectivity index (χ1) is 6.36. The van der Waals surface area contributed by atoms with Gasteiger partial charge in [-0.15, -0.1) is 0 Å². The molecule has 2 atom stereocenters. The number of nitrogens with zero attached hydrogens (tertiary/aromatic N) is 1. The molecule has 0 saturated heterocycles. The van der Waals surface area contributed by atoms with Gasteiger partial charge in [-0.25, -0.2) is 0 Å². The van der Waals surface area contributed by atoms with Gasteiger partial charge in [-0.05, 0) is 0 Å². The zero-order valence-electron chi connectivity index (χ0n) is 8.20. The van der Waals surface area contributed by atoms with Crippen LogP contribution in [0, 0.1) is 28.1 Å². The Labute approximate surface area is 81.3 Å². The van der Waals surface area contributed by atoms with Crippen LogP contribution in [0.1, 0.15) is 13.8 Å². The Bertz CT molecular complexity index is 341. The van der Waals surface area contributed by atoms with Crippen molar-refractivity contribution in [1.82, 2.24) is 0 Å². The van der Waals surface area contributed by atoms with Crippen LogP contribution in [0.15, 0.2) is 0 Å². The molecule has 76 valence electrons. The van der Waals surface area contributed by atoms with E-state index in [0.29, 0.717) is 0 Å². The summed E-state index contributed by atoms with van der Waals surface area (Å²) < 4.78 is 4.46. The van der Waals surface area contributed by atoms with Crippen molar-refractivity contribution >= 4 is 11.9 Å². The minimum absolute atomic E-state index is 0.640. The highest BCUT2D eigenvalue weighted by Gasteiger charge is 2.81. The van der Waals surface area contributed by atoms with Crippen LogP contribution >= 0.6 is 0 Å². The molecule has 1 fully saturated rings. The average Bonchev–Trinajstić information content (AvgIpc) is 2.62. The van der Waals surface area contributed by atoms with E-state index >= 15 is 0 Å². The molecule has 0 aromatic carbocycles. The fraction of sp³-hybridized carbons (Fsp3) is 0.667. The molecule has 0 aromatic rings. The molecule has 5 heteroatoms. The minimum Gasteiger partial charge on any atom is -0.480 e. The third-order valence-corrected chi connectivity index (χ3v) is 3.04. The van der Waals surface area contributed by atoms with Crippen molar-refractivity contribution < 1.29 is 19.4 Å². The highest BCUT2D eigenvalue weighted by Crippen LogP contribution is 2.68. The van der Waals surface area contributed by atoms with Gasteiger partial charge in [0.05, 0.1) is 19.1 Å². The van der Waals surface area contributed by atoms with Gasteiger partial charge in [0.15, 0.2) is 5.41 Å². The van der Waals surface area contributed by atoms with E-state index < -0.39 is 28.7 Å². The van der Waals surface area contributed by atoms with Gasteiger partial charge in [0.2, 0.25) is 0 Å². The van der Waals surface area contributed by atoms with E-state index in [4.69, 9.17) is 10.4 Å². The van der Waals surface area contributed by atoms with E-state index in [1.807, 2.05) is 0 Å². The lowest BCUT2D eigenvalue weighted by Crippen LogP contribution is -2.21. The zero-order valence-corrected chi connectivity index (χ0v) is 8.20. The number of carboxylic acids is 1. The van der Waals surface area contributed by atoms with Crippen LogP contribution in [0.3, 0.4) is 0 Å². The molecule has 1 N–H and O–H groups in total. The number of carbonyl (C=O) groups excluding carboxylic acids is 1. The Morgan fingerprint density at radius 3 is 2.21 bits per heavy atom. The average molecular weight is 197 g/mol. The Kier molecular flexibility index (Phi) is 2.03. The van der Waals surface area contributed by atoms with Crippen LogP contribution in [-0.4, -0.2) is 24.2 Å². The number of nitriles is 1. The van der Waals surface area contributed by atoms with Gasteiger partial charge in [0.1, 0.15) is 0 Å². The van der Waals surface area contributed by atoms with Crippen LogP contribution in [0.2, 0.25) is 0 Å². The number of carbonyl (C=O) groups is 2. The Hall–Kier alpha value is -1.57. The monoisotopic (exact) mass is 197 g/mol. The summed E-state index contributed by atoms with van der Waals surface area (Å²) in [6.07, 6.45) is 0. The number of carboxylic acid groups (broad SMARTS) is 1. The van der Waals surface area contributed by atoms with Crippen LogP contribution in [0.25, 0.3) is 0 Å². The van der Waals surface area contributed by atoms with E-state index in [9.17, 15) is 9.59 Å². The van der Waals surface area contributed by atoms with Crippen molar-refractivity contribution in [2.24, 2.45) is 16.7 Å². The van der Waals surface area contributed by atoms with Crippen molar-refractivity contribution in [3.8, 4) is 6.07 Å². The first-order valence-corrected chi connectivity index (χ1v) is 4.08. The lowest BCUT2D eigenvalue weighted by molar-refractivity contribution is -0.148. The summed E-state index contributed by atoms with van der Waals surface area (Å²) in [4.78, 5) is 22.2. The second kappa shape index (κ2) is 2.71. The maximum absolute atomic E-state index is 11.2. The number of hydrogen-bond acceptors (Lipinski definition) is 4. The standard InChI is InChI=1S/C9H11NO4/c1-8(2)5(6(11)14-3)9(8,4-10)7(12)13/h5H,1-3H3,(H,12,13). The van der Waals surface area contributed by atoms with Gasteiger partial charge >= 0.3 is 11.9 Å². The van der Waals surface area contributed by atoms with Crippen molar-refractivity contribution in [2.75, 3.05) is 7.11 Å². The summed E-state index contributed by atoms with van der Waals surface area (Å²) in [5, 5.41) is 17.8. The Morgan fingerprint density at radius 2 is 2.00 bits per heavy atom. The molecule has 0 aromatic heterocycles. The molecule has 0 radical (unpaired) electrons. The maximum Gasteiger partial charge on any atom is 0.325 e. The molecule has 1 saturated carbocycles. The lowest BCUT2D eigenvalue weighted by Gasteiger charge is -2.03. The Morgan fingerprint density at radius 1 is 1.50 bits per heavy atom. The number of aliphatic carboxylic acids is 1. The maximum atomic E-state index is 11.2. The smallest absolute Gasteiger partial charge is 0.325 e. The Balaban J connectivity index is 3.11. The summed E-state index contributed by atoms with van der Waals surface area (Å²) >= 11 is 0. The van der Waals surface area contributed by atoms with Gasteiger partial charge < -0.3 is 9.84 Å². The largest absolute Gasteiger partial charge is 0.480 e. The molecule has 2 unspecified atom stereocenters. The summed E-state index contributed by atoms with van der Waals surface area (Å²) in [7, 11) is 1.18. The molecule has 0 bridgehead atoms. The predicted molar refractivity (Wildman–Crippen MR) is 45.0 cm³/mol. The van der Waals surface area contributed by atoms with Gasteiger partial charge in [0.25, 0.3) is 0 Å². The zero-order chi connectivity index (χ0) is 11.1. The van der Waals surface area contributed by atoms with Gasteiger partial charge in [0, 0.05) is 5.41 Å². The normalized spacial score (nSPS) is 32.9. The highest BCUT2D eigenvalue weighted by atomic mass is 16.5. The lowest BCUT2D eigenvalue weighted by atomic mass is 9.98. The fourth-order valence-electron chi connectivity index (χ4n) is 2.01. The van der Waals surface area contributed by atoms with Crippen molar-refractivity contribution in [3.05, 3.63) is 0 Å². The van der Waals surface area contributed by atoms with E-state index in [1.165, 1.54) is 7.11 Å². The van der Waals surface area contributed by atoms with Crippen LogP contribution < -0.4 is 0 Å². The third kappa shape index (κ3) is 0.882. The molecule has 1 aliphatic carbocycles. The van der Waals surface area contributed by atoms with Gasteiger partial charge in [-0.3, -0.25) is 9.59 Å². The summed E-state index contributed by atoms with van der Waals surface area (Å²) in [5.41, 5.74) is -2.49. The van der Waals surface area contributed by atoms with Crippen molar-refractivity contribution in [2.45, 2.75) is 13.8 Å². The predicted octanol–water partition coefficient (Wildman–Crippen LogP) is 0.410. The summed E-state index contributed by atoms with van der Waals surface area (Å²) in [6.45, 7) is 3.15. The minimum atomic E-state index is -1.62. The second-order valence-electron chi connectivity index (χ2n) is 3.90. The molecular formula is C9H11NO4. The van der Waals surface area contributed by atoms with Crippen LogP contribution in [0.4, 0.5) is 0 Å². The van der Waals surface area contributed by atoms with Gasteiger partial charge in [-0.2, -0.15) is 5.26 Å². The molecule has 0 heterocycles. The van der Waals surface area contributed by atoms with Crippen LogP contribution in [-0.2, 0) is 14.3 Å². The van der Waals surface area contributed by atoms with Gasteiger partial charge in [-0.1, -0.05) is 13.8 Å². The molecule has 1 rings (SSSR count). The first-order valence-electron chi connectivity index (χ1n) is 4.08. The number of ether oxygens (including phenoxy) is 1.